The van der Waals surface area contributed by atoms with Gasteiger partial charge in [0.25, 0.3) is 5.91 Å². The number of hydrogen-bond acceptors (Lipinski definition) is 7. The zero-order valence-electron chi connectivity index (χ0n) is 16.0. The first-order valence-corrected chi connectivity index (χ1v) is 9.04. The van der Waals surface area contributed by atoms with Gasteiger partial charge < -0.3 is 14.2 Å². The van der Waals surface area contributed by atoms with Crippen LogP contribution in [-0.2, 0) is 28.6 Å². The van der Waals surface area contributed by atoms with Crippen LogP contribution in [0.4, 0.5) is 5.82 Å². The molecule has 9 nitrogen and oxygen atoms in total. The van der Waals surface area contributed by atoms with Gasteiger partial charge in [-0.1, -0.05) is 0 Å². The van der Waals surface area contributed by atoms with Crippen LogP contribution in [0, 0.1) is 0 Å². The molecule has 0 spiro atoms. The molecule has 1 saturated carbocycles. The summed E-state index contributed by atoms with van der Waals surface area (Å²) in [5.74, 6) is -1.51. The summed E-state index contributed by atoms with van der Waals surface area (Å²) < 4.78 is 17.7. The molecular weight excluding hydrogens is 354 g/mol. The Morgan fingerprint density at radius 3 is 2.63 bits per heavy atom. The predicted octanol–water partition coefficient (Wildman–Crippen LogP) is 1.22. The van der Waals surface area contributed by atoms with Crippen LogP contribution in [-0.4, -0.2) is 58.6 Å². The number of aromatic nitrogens is 2. The van der Waals surface area contributed by atoms with Crippen molar-refractivity contribution in [3.05, 3.63) is 12.3 Å². The van der Waals surface area contributed by atoms with Gasteiger partial charge in [-0.2, -0.15) is 5.10 Å². The lowest BCUT2D eigenvalue weighted by molar-refractivity contribution is -0.188. The Hall–Kier alpha value is -2.42. The van der Waals surface area contributed by atoms with E-state index in [1.807, 2.05) is 10.9 Å². The molecule has 0 unspecified atom stereocenters. The molecule has 0 bridgehead atoms. The van der Waals surface area contributed by atoms with E-state index in [9.17, 15) is 14.4 Å². The van der Waals surface area contributed by atoms with Gasteiger partial charge in [0.1, 0.15) is 5.60 Å². The fourth-order valence-electron chi connectivity index (χ4n) is 2.84. The van der Waals surface area contributed by atoms with Crippen LogP contribution in [0.5, 0.6) is 0 Å². The SMILES string of the molecule is CC(=O)O[C@@H](C(=O)OC(C)(C)C)[C@H]1OCCN(c2ccn(C3CC3)n2)C1=O. The normalized spacial score (nSPS) is 21.7. The number of hydrogen-bond donors (Lipinski definition) is 0. The molecule has 9 heteroatoms. The van der Waals surface area contributed by atoms with E-state index in [1.165, 1.54) is 11.8 Å². The summed E-state index contributed by atoms with van der Waals surface area (Å²) >= 11 is 0. The molecule has 148 valence electrons. The van der Waals surface area contributed by atoms with Crippen LogP contribution in [0.3, 0.4) is 0 Å². The molecule has 2 atom stereocenters. The minimum Gasteiger partial charge on any atom is -0.457 e. The number of carbonyl (C=O) groups is 3. The van der Waals surface area contributed by atoms with Gasteiger partial charge in [0, 0.05) is 19.2 Å². The van der Waals surface area contributed by atoms with Crippen molar-refractivity contribution < 1.29 is 28.6 Å². The zero-order chi connectivity index (χ0) is 19.8. The van der Waals surface area contributed by atoms with E-state index in [2.05, 4.69) is 5.10 Å². The van der Waals surface area contributed by atoms with E-state index in [1.54, 1.807) is 26.8 Å². The molecule has 2 fully saturated rings. The molecule has 0 radical (unpaired) electrons. The van der Waals surface area contributed by atoms with Gasteiger partial charge in [0.15, 0.2) is 11.9 Å². The highest BCUT2D eigenvalue weighted by atomic mass is 16.6. The number of morpholine rings is 1. The fraction of sp³-hybridized carbons (Fsp3) is 0.667. The van der Waals surface area contributed by atoms with Crippen LogP contribution in [0.25, 0.3) is 0 Å². The molecule has 0 N–H and O–H groups in total. The minimum atomic E-state index is -1.47. The fourth-order valence-corrected chi connectivity index (χ4v) is 2.84. The Bertz CT molecular complexity index is 734. The topological polar surface area (TPSA) is 100.0 Å². The highest BCUT2D eigenvalue weighted by molar-refractivity contribution is 6.00. The molecule has 0 aromatic carbocycles. The lowest BCUT2D eigenvalue weighted by Gasteiger charge is -2.34. The first kappa shape index (κ1) is 19.3. The largest absolute Gasteiger partial charge is 0.457 e. The molecule has 3 rings (SSSR count). The van der Waals surface area contributed by atoms with Crippen molar-refractivity contribution in [2.45, 2.75) is 64.4 Å². The summed E-state index contributed by atoms with van der Waals surface area (Å²) in [4.78, 5) is 38.4. The van der Waals surface area contributed by atoms with Crippen molar-refractivity contribution in [1.29, 1.82) is 0 Å². The molecule has 1 aliphatic heterocycles. The third kappa shape index (κ3) is 4.65. The van der Waals surface area contributed by atoms with E-state index >= 15 is 0 Å². The molecule has 1 amide bonds. The van der Waals surface area contributed by atoms with Crippen LogP contribution in [0.2, 0.25) is 0 Å². The Labute approximate surface area is 157 Å². The molecule has 27 heavy (non-hydrogen) atoms. The van der Waals surface area contributed by atoms with Crippen molar-refractivity contribution in [1.82, 2.24) is 9.78 Å². The molecule has 1 aliphatic carbocycles. The van der Waals surface area contributed by atoms with Crippen LogP contribution in [0.15, 0.2) is 12.3 Å². The van der Waals surface area contributed by atoms with Gasteiger partial charge in [-0.05, 0) is 33.6 Å². The molecule has 1 aromatic heterocycles. The number of esters is 2. The lowest BCUT2D eigenvalue weighted by atomic mass is 10.1. The smallest absolute Gasteiger partial charge is 0.351 e. The monoisotopic (exact) mass is 379 g/mol. The van der Waals surface area contributed by atoms with E-state index < -0.39 is 35.7 Å². The van der Waals surface area contributed by atoms with Gasteiger partial charge in [0.05, 0.1) is 19.2 Å². The first-order valence-electron chi connectivity index (χ1n) is 9.04. The summed E-state index contributed by atoms with van der Waals surface area (Å²) in [6.45, 7) is 6.73. The number of amides is 1. The summed E-state index contributed by atoms with van der Waals surface area (Å²) in [5.41, 5.74) is -0.796. The highest BCUT2D eigenvalue weighted by Gasteiger charge is 2.45. The maximum atomic E-state index is 13.0. The van der Waals surface area contributed by atoms with Crippen LogP contribution in [0.1, 0.15) is 46.6 Å². The first-order chi connectivity index (χ1) is 12.7. The maximum Gasteiger partial charge on any atom is 0.351 e. The Morgan fingerprint density at radius 1 is 1.33 bits per heavy atom. The third-order valence-corrected chi connectivity index (χ3v) is 4.12. The lowest BCUT2D eigenvalue weighted by Crippen LogP contribution is -2.56. The van der Waals surface area contributed by atoms with E-state index in [0.717, 1.165) is 12.8 Å². The minimum absolute atomic E-state index is 0.188. The second-order valence-corrected chi connectivity index (χ2v) is 7.73. The number of rotatable bonds is 5. The maximum absolute atomic E-state index is 13.0. The van der Waals surface area contributed by atoms with Crippen LogP contribution >= 0.6 is 0 Å². The zero-order valence-corrected chi connectivity index (χ0v) is 16.0. The summed E-state index contributed by atoms with van der Waals surface area (Å²) in [5, 5.41) is 4.45. The van der Waals surface area contributed by atoms with Crippen molar-refractivity contribution in [2.75, 3.05) is 18.1 Å². The van der Waals surface area contributed by atoms with Gasteiger partial charge >= 0.3 is 11.9 Å². The average Bonchev–Trinajstić information content (AvgIpc) is 3.29. The van der Waals surface area contributed by atoms with Crippen molar-refractivity contribution >= 4 is 23.7 Å². The van der Waals surface area contributed by atoms with Gasteiger partial charge in [-0.15, -0.1) is 0 Å². The Balaban J connectivity index is 1.79. The van der Waals surface area contributed by atoms with Gasteiger partial charge in [-0.25, -0.2) is 4.79 Å². The molecule has 1 aromatic rings. The molecule has 2 aliphatic rings. The van der Waals surface area contributed by atoms with Crippen LogP contribution < -0.4 is 4.90 Å². The molecular formula is C18H25N3O6. The second-order valence-electron chi connectivity index (χ2n) is 7.73. The third-order valence-electron chi connectivity index (χ3n) is 4.12. The van der Waals surface area contributed by atoms with Gasteiger partial charge in [-0.3, -0.25) is 19.2 Å². The van der Waals surface area contributed by atoms with E-state index in [0.29, 0.717) is 18.4 Å². The summed E-state index contributed by atoms with van der Waals surface area (Å²) in [6.07, 6.45) is 1.25. The highest BCUT2D eigenvalue weighted by Crippen LogP contribution is 2.35. The number of nitrogens with zero attached hydrogens (tertiary/aromatic N) is 3. The van der Waals surface area contributed by atoms with Crippen molar-refractivity contribution in [2.24, 2.45) is 0 Å². The predicted molar refractivity (Wildman–Crippen MR) is 94.0 cm³/mol. The average molecular weight is 379 g/mol. The van der Waals surface area contributed by atoms with E-state index in [4.69, 9.17) is 14.2 Å². The number of anilines is 1. The summed E-state index contributed by atoms with van der Waals surface area (Å²) in [6, 6.07) is 2.15. The van der Waals surface area contributed by atoms with Crippen molar-refractivity contribution in [3.8, 4) is 0 Å². The molecule has 2 heterocycles. The Morgan fingerprint density at radius 2 is 2.04 bits per heavy atom. The number of carbonyl (C=O) groups excluding carboxylic acids is 3. The molecule has 1 saturated heterocycles. The Kier molecular flexibility index (Phi) is 5.23. The van der Waals surface area contributed by atoms with Crippen molar-refractivity contribution in [3.63, 3.8) is 0 Å². The summed E-state index contributed by atoms with van der Waals surface area (Å²) in [7, 11) is 0. The number of ether oxygens (including phenoxy) is 3. The second kappa shape index (κ2) is 7.30. The van der Waals surface area contributed by atoms with Gasteiger partial charge in [0.2, 0.25) is 6.10 Å². The standard InChI is InChI=1S/C18H25N3O6/c1-11(22)26-15(17(24)27-18(2,3)4)14-16(23)20(9-10-25-14)13-7-8-21(19-13)12-5-6-12/h7-8,12,14-15H,5-6,9-10H2,1-4H3/t14-,15-/m1/s1. The quantitative estimate of drug-likeness (QED) is 0.709. The van der Waals surface area contributed by atoms with E-state index in [-0.39, 0.29) is 6.61 Å².